The monoisotopic (exact) mass is 391 g/mol. The number of anilines is 1. The highest BCUT2D eigenvalue weighted by atomic mass is 16.5. The van der Waals surface area contributed by atoms with Crippen LogP contribution >= 0.6 is 0 Å². The molecule has 9 nitrogen and oxygen atoms in total. The molecule has 0 aliphatic rings. The fourth-order valence-corrected chi connectivity index (χ4v) is 2.98. The van der Waals surface area contributed by atoms with Crippen molar-refractivity contribution in [2.75, 3.05) is 12.4 Å². The first kappa shape index (κ1) is 18.6. The summed E-state index contributed by atoms with van der Waals surface area (Å²) >= 11 is 0. The van der Waals surface area contributed by atoms with Crippen molar-refractivity contribution in [2.24, 2.45) is 7.05 Å². The van der Waals surface area contributed by atoms with Gasteiger partial charge in [-0.3, -0.25) is 14.6 Å². The third kappa shape index (κ3) is 3.94. The van der Waals surface area contributed by atoms with Crippen LogP contribution in [0.1, 0.15) is 11.4 Å². The number of carbonyl (C=O) groups is 1. The number of fused-ring (bicyclic) bond motifs is 1. The molecule has 0 aliphatic carbocycles. The molecule has 29 heavy (non-hydrogen) atoms. The molecule has 0 fully saturated rings. The number of benzene rings is 1. The zero-order valence-corrected chi connectivity index (χ0v) is 16.4. The van der Waals surface area contributed by atoms with E-state index >= 15 is 0 Å². The maximum atomic E-state index is 12.6. The average molecular weight is 391 g/mol. The number of nitrogens with one attached hydrogen (secondary N) is 2. The first-order valence-corrected chi connectivity index (χ1v) is 9.10. The van der Waals surface area contributed by atoms with Gasteiger partial charge in [-0.2, -0.15) is 5.10 Å². The van der Waals surface area contributed by atoms with Gasteiger partial charge in [0.15, 0.2) is 5.82 Å². The van der Waals surface area contributed by atoms with Gasteiger partial charge in [0.05, 0.1) is 11.2 Å². The van der Waals surface area contributed by atoms with Crippen LogP contribution in [0.2, 0.25) is 0 Å². The fraction of sp³-hybridized carbons (Fsp3) is 0.200. The molecule has 0 atom stereocenters. The summed E-state index contributed by atoms with van der Waals surface area (Å²) in [7, 11) is 3.68. The number of ether oxygens (including phenoxy) is 1. The van der Waals surface area contributed by atoms with Crippen molar-refractivity contribution in [2.45, 2.75) is 13.5 Å². The summed E-state index contributed by atoms with van der Waals surface area (Å²) in [4.78, 5) is 21.0. The number of hydrogen-bond acceptors (Lipinski definition) is 6. The van der Waals surface area contributed by atoms with Crippen LogP contribution in [0.3, 0.4) is 0 Å². The van der Waals surface area contributed by atoms with Crippen LogP contribution in [0.15, 0.2) is 48.9 Å². The molecule has 0 radical (unpaired) electrons. The molecular formula is C20H21N7O2. The van der Waals surface area contributed by atoms with E-state index in [1.807, 2.05) is 45.3 Å². The molecular weight excluding hydrogens is 370 g/mol. The third-order valence-electron chi connectivity index (χ3n) is 4.51. The molecule has 4 rings (SSSR count). The third-order valence-corrected chi connectivity index (χ3v) is 4.51. The molecule has 3 heterocycles. The maximum absolute atomic E-state index is 12.6. The number of nitrogens with zero attached hydrogens (tertiary/aromatic N) is 5. The van der Waals surface area contributed by atoms with Gasteiger partial charge in [-0.25, -0.2) is 14.8 Å². The Kier molecular flexibility index (Phi) is 4.96. The molecule has 0 unspecified atom stereocenters. The van der Waals surface area contributed by atoms with Crippen LogP contribution in [-0.4, -0.2) is 37.4 Å². The molecule has 4 aromatic rings. The molecule has 0 bridgehead atoms. The molecule has 0 saturated carbocycles. The van der Waals surface area contributed by atoms with Crippen molar-refractivity contribution in [1.29, 1.82) is 0 Å². The lowest BCUT2D eigenvalue weighted by Crippen LogP contribution is -2.18. The second kappa shape index (κ2) is 7.72. The van der Waals surface area contributed by atoms with E-state index in [1.165, 1.54) is 6.33 Å². The lowest BCUT2D eigenvalue weighted by atomic mass is 10.2. The van der Waals surface area contributed by atoms with Gasteiger partial charge in [0.2, 0.25) is 5.88 Å². The van der Waals surface area contributed by atoms with E-state index in [0.29, 0.717) is 24.0 Å². The van der Waals surface area contributed by atoms with Gasteiger partial charge in [0.1, 0.15) is 12.1 Å². The minimum Gasteiger partial charge on any atom is -0.439 e. The first-order valence-electron chi connectivity index (χ1n) is 9.10. The second-order valence-corrected chi connectivity index (χ2v) is 6.61. The van der Waals surface area contributed by atoms with Gasteiger partial charge in [0.25, 0.3) is 0 Å². The van der Waals surface area contributed by atoms with E-state index in [0.717, 1.165) is 22.3 Å². The van der Waals surface area contributed by atoms with Crippen LogP contribution in [0, 0.1) is 6.92 Å². The summed E-state index contributed by atoms with van der Waals surface area (Å²) in [5, 5.41) is 11.0. The lowest BCUT2D eigenvalue weighted by molar-refractivity contribution is 0.254. The van der Waals surface area contributed by atoms with Gasteiger partial charge in [0, 0.05) is 43.0 Å². The number of amides is 1. The van der Waals surface area contributed by atoms with E-state index < -0.39 is 0 Å². The van der Waals surface area contributed by atoms with Crippen molar-refractivity contribution in [3.63, 3.8) is 0 Å². The van der Waals surface area contributed by atoms with Gasteiger partial charge in [-0.05, 0) is 38.2 Å². The summed E-state index contributed by atoms with van der Waals surface area (Å²) in [5.74, 6) is 1.61. The Bertz CT molecular complexity index is 1160. The van der Waals surface area contributed by atoms with Gasteiger partial charge in [-0.15, -0.1) is 0 Å². The van der Waals surface area contributed by atoms with Crippen LogP contribution < -0.4 is 15.4 Å². The second-order valence-electron chi connectivity index (χ2n) is 6.61. The van der Waals surface area contributed by atoms with Crippen LogP contribution in [0.5, 0.6) is 11.6 Å². The van der Waals surface area contributed by atoms with E-state index in [2.05, 4.69) is 25.7 Å². The van der Waals surface area contributed by atoms with Crippen LogP contribution in [0.25, 0.3) is 10.9 Å². The molecule has 3 aromatic heterocycles. The number of hydrogen-bond donors (Lipinski definition) is 2. The van der Waals surface area contributed by atoms with Gasteiger partial charge in [-0.1, -0.05) is 0 Å². The summed E-state index contributed by atoms with van der Waals surface area (Å²) in [6, 6.07) is 10.7. The largest absolute Gasteiger partial charge is 0.439 e. The Morgan fingerprint density at radius 3 is 2.79 bits per heavy atom. The lowest BCUT2D eigenvalue weighted by Gasteiger charge is -2.08. The molecule has 0 saturated heterocycles. The zero-order valence-electron chi connectivity index (χ0n) is 16.4. The van der Waals surface area contributed by atoms with Crippen molar-refractivity contribution in [1.82, 2.24) is 29.6 Å². The van der Waals surface area contributed by atoms with Crippen molar-refractivity contribution < 1.29 is 9.53 Å². The quantitative estimate of drug-likeness (QED) is 0.542. The highest BCUT2D eigenvalue weighted by Gasteiger charge is 2.12. The average Bonchev–Trinajstić information content (AvgIpc) is 3.25. The smallest absolute Gasteiger partial charge is 0.331 e. The van der Waals surface area contributed by atoms with E-state index in [4.69, 9.17) is 4.74 Å². The number of aryl methyl sites for hydroxylation is 2. The highest BCUT2D eigenvalue weighted by molar-refractivity contribution is 5.98. The van der Waals surface area contributed by atoms with E-state index in [-0.39, 0.29) is 6.03 Å². The first-order chi connectivity index (χ1) is 14.0. The molecule has 0 spiro atoms. The predicted molar refractivity (Wildman–Crippen MR) is 109 cm³/mol. The highest BCUT2D eigenvalue weighted by Crippen LogP contribution is 2.26. The van der Waals surface area contributed by atoms with Gasteiger partial charge < -0.3 is 10.1 Å². The van der Waals surface area contributed by atoms with Gasteiger partial charge >= 0.3 is 6.03 Å². The molecule has 148 valence electrons. The minimum atomic E-state index is -0.278. The minimum absolute atomic E-state index is 0.278. The topological polar surface area (TPSA) is 98.9 Å². The normalized spacial score (nSPS) is 11.0. The fourth-order valence-electron chi connectivity index (χ4n) is 2.98. The molecule has 0 aliphatic heterocycles. The number of rotatable bonds is 5. The van der Waals surface area contributed by atoms with Crippen molar-refractivity contribution in [3.8, 4) is 11.6 Å². The van der Waals surface area contributed by atoms with Crippen LogP contribution in [0.4, 0.5) is 10.6 Å². The van der Waals surface area contributed by atoms with Crippen molar-refractivity contribution >= 4 is 22.8 Å². The zero-order chi connectivity index (χ0) is 20.4. The summed E-state index contributed by atoms with van der Waals surface area (Å²) in [5.41, 5.74) is 2.56. The Hall–Kier alpha value is -3.72. The van der Waals surface area contributed by atoms with E-state index in [9.17, 15) is 4.79 Å². The maximum Gasteiger partial charge on any atom is 0.331 e. The summed E-state index contributed by atoms with van der Waals surface area (Å²) in [6.45, 7) is 2.56. The predicted octanol–water partition coefficient (Wildman–Crippen LogP) is 3.07. The Balaban J connectivity index is 1.54. The molecule has 1 amide bonds. The Morgan fingerprint density at radius 2 is 2.03 bits per heavy atom. The summed E-state index contributed by atoms with van der Waals surface area (Å²) < 4.78 is 9.10. The van der Waals surface area contributed by atoms with E-state index in [1.54, 1.807) is 27.6 Å². The Labute approximate surface area is 167 Å². The standard InChI is InChI=1S/C20H21N7O2/c1-13-8-18(25-26(13)3)24-20(28)27-7-6-14-9-16(4-5-17(14)27)29-19-10-15(11-21-2)22-12-23-19/h4-10,12,21H,11H2,1-3H3,(H,24,25,28). The summed E-state index contributed by atoms with van der Waals surface area (Å²) in [6.07, 6.45) is 3.19. The number of carbonyl (C=O) groups excluding carboxylic acids is 1. The molecule has 9 heteroatoms. The molecule has 2 N–H and O–H groups in total. The van der Waals surface area contributed by atoms with Crippen LogP contribution in [-0.2, 0) is 13.6 Å². The molecule has 1 aromatic carbocycles. The number of aromatic nitrogens is 5. The van der Waals surface area contributed by atoms with Crippen molar-refractivity contribution in [3.05, 3.63) is 60.3 Å². The Morgan fingerprint density at radius 1 is 1.17 bits per heavy atom. The SMILES string of the molecule is CNCc1cc(Oc2ccc3c(ccn3C(=O)Nc3cc(C)n(C)n3)c2)ncn1.